The zero-order chi connectivity index (χ0) is 19.6. The van der Waals surface area contributed by atoms with Crippen molar-refractivity contribution >= 4 is 22.4 Å². The minimum Gasteiger partial charge on any atom is -0.496 e. The maximum Gasteiger partial charge on any atom is 0.162 e. The second-order valence-electron chi connectivity index (χ2n) is 6.30. The van der Waals surface area contributed by atoms with Crippen LogP contribution in [-0.4, -0.2) is 37.0 Å². The SMILES string of the molecule is CN/C=C(\NC)c1ccc(-c2cc3c(C(C)=O)cnc(C)c3[nH]2)c(OC)c1. The van der Waals surface area contributed by atoms with Crippen molar-refractivity contribution in [3.8, 4) is 17.0 Å². The summed E-state index contributed by atoms with van der Waals surface area (Å²) in [6.07, 6.45) is 3.53. The molecule has 0 saturated heterocycles. The highest BCUT2D eigenvalue weighted by atomic mass is 16.5. The van der Waals surface area contributed by atoms with Gasteiger partial charge in [0.1, 0.15) is 5.75 Å². The number of hydrogen-bond acceptors (Lipinski definition) is 5. The van der Waals surface area contributed by atoms with Gasteiger partial charge in [-0.05, 0) is 32.0 Å². The van der Waals surface area contributed by atoms with E-state index in [2.05, 4.69) is 20.6 Å². The third-order valence-electron chi connectivity index (χ3n) is 4.60. The first-order valence-electron chi connectivity index (χ1n) is 8.73. The topological polar surface area (TPSA) is 79.0 Å². The molecule has 27 heavy (non-hydrogen) atoms. The fourth-order valence-electron chi connectivity index (χ4n) is 3.20. The van der Waals surface area contributed by atoms with Crippen LogP contribution in [0.25, 0.3) is 27.9 Å². The Morgan fingerprint density at radius 2 is 2.04 bits per heavy atom. The summed E-state index contributed by atoms with van der Waals surface area (Å²) >= 11 is 0. The van der Waals surface area contributed by atoms with Gasteiger partial charge < -0.3 is 20.4 Å². The number of hydrogen-bond donors (Lipinski definition) is 3. The number of nitrogens with zero attached hydrogens (tertiary/aromatic N) is 1. The number of carbonyl (C=O) groups excluding carboxylic acids is 1. The van der Waals surface area contributed by atoms with Crippen LogP contribution in [0.5, 0.6) is 5.75 Å². The van der Waals surface area contributed by atoms with E-state index in [1.54, 1.807) is 20.2 Å². The number of Topliss-reactive ketones (excluding diaryl/α,β-unsaturated/α-hetero) is 1. The van der Waals surface area contributed by atoms with Crippen LogP contribution in [0, 0.1) is 6.92 Å². The van der Waals surface area contributed by atoms with Gasteiger partial charge in [-0.2, -0.15) is 0 Å². The number of fused-ring (bicyclic) bond motifs is 1. The van der Waals surface area contributed by atoms with Crippen molar-refractivity contribution in [2.24, 2.45) is 0 Å². The second-order valence-corrected chi connectivity index (χ2v) is 6.30. The molecule has 0 aliphatic heterocycles. The average Bonchev–Trinajstić information content (AvgIpc) is 3.11. The summed E-state index contributed by atoms with van der Waals surface area (Å²) < 4.78 is 5.64. The van der Waals surface area contributed by atoms with E-state index in [9.17, 15) is 4.79 Å². The molecular weight excluding hydrogens is 340 g/mol. The summed E-state index contributed by atoms with van der Waals surface area (Å²) in [7, 11) is 5.39. The van der Waals surface area contributed by atoms with Crippen molar-refractivity contribution in [1.82, 2.24) is 20.6 Å². The molecule has 3 N–H and O–H groups in total. The van der Waals surface area contributed by atoms with Crippen LogP contribution in [-0.2, 0) is 0 Å². The third kappa shape index (κ3) is 3.38. The van der Waals surface area contributed by atoms with Crippen molar-refractivity contribution in [2.75, 3.05) is 21.2 Å². The number of nitrogens with one attached hydrogen (secondary N) is 3. The molecular formula is C21H24N4O2. The molecule has 0 aliphatic rings. The Balaban J connectivity index is 2.16. The van der Waals surface area contributed by atoms with Gasteiger partial charge in [-0.25, -0.2) is 0 Å². The zero-order valence-electron chi connectivity index (χ0n) is 16.2. The molecule has 0 amide bonds. The van der Waals surface area contributed by atoms with Gasteiger partial charge in [-0.15, -0.1) is 0 Å². The van der Waals surface area contributed by atoms with E-state index in [0.717, 1.165) is 44.9 Å². The number of aromatic nitrogens is 2. The first-order chi connectivity index (χ1) is 13.0. The highest BCUT2D eigenvalue weighted by Gasteiger charge is 2.16. The van der Waals surface area contributed by atoms with Gasteiger partial charge in [-0.3, -0.25) is 9.78 Å². The molecule has 1 aromatic carbocycles. The van der Waals surface area contributed by atoms with Crippen molar-refractivity contribution in [1.29, 1.82) is 0 Å². The van der Waals surface area contributed by atoms with E-state index in [-0.39, 0.29) is 5.78 Å². The summed E-state index contributed by atoms with van der Waals surface area (Å²) in [6.45, 7) is 3.48. The van der Waals surface area contributed by atoms with E-state index in [4.69, 9.17) is 4.74 Å². The molecule has 0 saturated carbocycles. The van der Waals surface area contributed by atoms with E-state index in [1.807, 2.05) is 51.5 Å². The maximum absolute atomic E-state index is 12.0. The summed E-state index contributed by atoms with van der Waals surface area (Å²) in [5.41, 5.74) is 6.11. The van der Waals surface area contributed by atoms with Crippen molar-refractivity contribution in [3.05, 3.63) is 53.5 Å². The Bertz CT molecular complexity index is 1030. The minimum absolute atomic E-state index is 0.00349. The monoisotopic (exact) mass is 364 g/mol. The predicted octanol–water partition coefficient (Wildman–Crippen LogP) is 3.49. The Morgan fingerprint density at radius 3 is 2.67 bits per heavy atom. The first-order valence-corrected chi connectivity index (χ1v) is 8.73. The summed E-state index contributed by atoms with van der Waals surface area (Å²) in [6, 6.07) is 8.01. The van der Waals surface area contributed by atoms with Gasteiger partial charge in [0.05, 0.1) is 29.7 Å². The van der Waals surface area contributed by atoms with Gasteiger partial charge in [0.2, 0.25) is 0 Å². The lowest BCUT2D eigenvalue weighted by Gasteiger charge is -2.12. The molecule has 2 aromatic heterocycles. The van der Waals surface area contributed by atoms with Crippen LogP contribution in [0.2, 0.25) is 0 Å². The predicted molar refractivity (Wildman–Crippen MR) is 109 cm³/mol. The number of carbonyl (C=O) groups is 1. The molecule has 0 unspecified atom stereocenters. The van der Waals surface area contributed by atoms with E-state index in [1.165, 1.54) is 0 Å². The number of aromatic amines is 1. The Labute approximate surface area is 158 Å². The first kappa shape index (κ1) is 18.5. The molecule has 0 bridgehead atoms. The normalized spacial score (nSPS) is 11.5. The lowest BCUT2D eigenvalue weighted by Crippen LogP contribution is -2.09. The summed E-state index contributed by atoms with van der Waals surface area (Å²) in [4.78, 5) is 19.7. The standard InChI is InChI=1S/C21H24N4O2/c1-12-21-16(17(10-24-12)13(2)26)9-18(25-21)15-7-6-14(8-20(15)27-5)19(23-4)11-22-3/h6-11,22-23,25H,1-5H3/b19-11-. The highest BCUT2D eigenvalue weighted by molar-refractivity contribution is 6.07. The molecule has 140 valence electrons. The molecule has 0 radical (unpaired) electrons. The van der Waals surface area contributed by atoms with Crippen molar-refractivity contribution in [3.63, 3.8) is 0 Å². The number of ketones is 1. The Kier molecular flexibility index (Phi) is 5.16. The number of aryl methyl sites for hydroxylation is 1. The number of ether oxygens (including phenoxy) is 1. The molecule has 0 fully saturated rings. The molecule has 0 aliphatic carbocycles. The largest absolute Gasteiger partial charge is 0.496 e. The van der Waals surface area contributed by atoms with Gasteiger partial charge in [-0.1, -0.05) is 6.07 Å². The molecule has 3 rings (SSSR count). The highest BCUT2D eigenvalue weighted by Crippen LogP contribution is 2.35. The van der Waals surface area contributed by atoms with Gasteiger partial charge in [0.25, 0.3) is 0 Å². The average molecular weight is 364 g/mol. The maximum atomic E-state index is 12.0. The molecule has 6 nitrogen and oxygen atoms in total. The van der Waals surface area contributed by atoms with Crippen LogP contribution in [0.3, 0.4) is 0 Å². The van der Waals surface area contributed by atoms with Gasteiger partial charge >= 0.3 is 0 Å². The van der Waals surface area contributed by atoms with Crippen LogP contribution >= 0.6 is 0 Å². The summed E-state index contributed by atoms with van der Waals surface area (Å²) in [5, 5.41) is 7.08. The number of pyridine rings is 1. The van der Waals surface area contributed by atoms with Gasteiger partial charge in [0, 0.05) is 48.6 Å². The van der Waals surface area contributed by atoms with Crippen LogP contribution < -0.4 is 15.4 Å². The minimum atomic E-state index is -0.00349. The fourth-order valence-corrected chi connectivity index (χ4v) is 3.20. The van der Waals surface area contributed by atoms with E-state index in [0.29, 0.717) is 5.56 Å². The lowest BCUT2D eigenvalue weighted by atomic mass is 10.0. The van der Waals surface area contributed by atoms with E-state index >= 15 is 0 Å². The van der Waals surface area contributed by atoms with Gasteiger partial charge in [0.15, 0.2) is 5.78 Å². The molecule has 0 atom stereocenters. The second kappa shape index (κ2) is 7.53. The quantitative estimate of drug-likeness (QED) is 0.584. The molecule has 2 heterocycles. The molecule has 3 aromatic rings. The number of H-pyrrole nitrogens is 1. The smallest absolute Gasteiger partial charge is 0.162 e. The zero-order valence-corrected chi connectivity index (χ0v) is 16.2. The lowest BCUT2D eigenvalue weighted by molar-refractivity contribution is 0.101. The number of benzene rings is 1. The Morgan fingerprint density at radius 1 is 1.26 bits per heavy atom. The van der Waals surface area contributed by atoms with Crippen LogP contribution in [0.1, 0.15) is 28.5 Å². The van der Waals surface area contributed by atoms with Crippen LogP contribution in [0.15, 0.2) is 36.7 Å². The number of rotatable bonds is 6. The molecule has 6 heteroatoms. The third-order valence-corrected chi connectivity index (χ3v) is 4.60. The number of methoxy groups -OCH3 is 1. The Hall–Kier alpha value is -3.28. The van der Waals surface area contributed by atoms with Crippen LogP contribution in [0.4, 0.5) is 0 Å². The van der Waals surface area contributed by atoms with Crippen molar-refractivity contribution in [2.45, 2.75) is 13.8 Å². The summed E-state index contributed by atoms with van der Waals surface area (Å²) in [5.74, 6) is 0.738. The van der Waals surface area contributed by atoms with E-state index < -0.39 is 0 Å². The molecule has 0 spiro atoms. The van der Waals surface area contributed by atoms with Crippen molar-refractivity contribution < 1.29 is 9.53 Å². The fraction of sp³-hybridized carbons (Fsp3) is 0.238.